The molecule has 3 heteroatoms. The summed E-state index contributed by atoms with van der Waals surface area (Å²) in [6, 6.07) is 5.99. The van der Waals surface area contributed by atoms with Crippen molar-refractivity contribution in [3.05, 3.63) is 28.2 Å². The lowest BCUT2D eigenvalue weighted by atomic mass is 10.1. The van der Waals surface area contributed by atoms with E-state index in [9.17, 15) is 0 Å². The first kappa shape index (κ1) is 13.1. The molecule has 0 amide bonds. The number of benzene rings is 1. The third-order valence-corrected chi connectivity index (χ3v) is 2.80. The molecule has 0 aliphatic rings. The summed E-state index contributed by atoms with van der Waals surface area (Å²) in [4.78, 5) is 0. The zero-order valence-electron chi connectivity index (χ0n) is 9.21. The van der Waals surface area contributed by atoms with Gasteiger partial charge in [0.2, 0.25) is 0 Å². The lowest BCUT2D eigenvalue weighted by Crippen LogP contribution is -2.06. The molecule has 0 saturated carbocycles. The zero-order valence-corrected chi connectivity index (χ0v) is 10.8. The number of halogens is 1. The molecule has 0 unspecified atom stereocenters. The van der Waals surface area contributed by atoms with E-state index in [2.05, 4.69) is 21.9 Å². The number of para-hydroxylation sites is 1. The van der Waals surface area contributed by atoms with Crippen molar-refractivity contribution in [3.8, 4) is 18.1 Å². The van der Waals surface area contributed by atoms with Crippen molar-refractivity contribution in [1.82, 2.24) is 0 Å². The Hall–Kier alpha value is -0.980. The summed E-state index contributed by atoms with van der Waals surface area (Å²) in [6.45, 7) is 1.27. The van der Waals surface area contributed by atoms with Crippen LogP contribution < -0.4 is 10.5 Å². The van der Waals surface area contributed by atoms with Crippen molar-refractivity contribution in [3.63, 3.8) is 0 Å². The number of nitrogens with two attached hydrogens (primary N) is 1. The molecule has 0 bridgehead atoms. The number of terminal acetylenes is 1. The maximum Gasteiger partial charge on any atom is 0.136 e. The molecule has 0 spiro atoms. The summed E-state index contributed by atoms with van der Waals surface area (Å²) in [7, 11) is 0. The molecule has 0 atom stereocenters. The van der Waals surface area contributed by atoms with E-state index in [0.29, 0.717) is 13.2 Å². The van der Waals surface area contributed by atoms with Crippen LogP contribution in [0.15, 0.2) is 22.7 Å². The van der Waals surface area contributed by atoms with Crippen LogP contribution in [0.5, 0.6) is 5.75 Å². The molecular formula is C13H16BrNO. The predicted octanol–water partition coefficient (Wildman–Crippen LogP) is 2.74. The Labute approximate surface area is 105 Å². The van der Waals surface area contributed by atoms with Crippen LogP contribution in [-0.2, 0) is 6.42 Å². The van der Waals surface area contributed by atoms with Gasteiger partial charge in [-0.05, 0) is 46.9 Å². The monoisotopic (exact) mass is 281 g/mol. The number of hydrogen-bond donors (Lipinski definition) is 1. The van der Waals surface area contributed by atoms with Gasteiger partial charge >= 0.3 is 0 Å². The highest BCUT2D eigenvalue weighted by Gasteiger charge is 2.06. The average molecular weight is 282 g/mol. The Kier molecular flexibility index (Phi) is 5.99. The van der Waals surface area contributed by atoms with Crippen molar-refractivity contribution >= 4 is 15.9 Å². The summed E-state index contributed by atoms with van der Waals surface area (Å²) < 4.78 is 6.70. The van der Waals surface area contributed by atoms with Gasteiger partial charge in [0.1, 0.15) is 5.75 Å². The Morgan fingerprint density at radius 3 is 2.94 bits per heavy atom. The maximum absolute atomic E-state index is 5.72. The fourth-order valence-corrected chi connectivity index (χ4v) is 1.94. The van der Waals surface area contributed by atoms with Crippen LogP contribution in [0, 0.1) is 12.3 Å². The lowest BCUT2D eigenvalue weighted by molar-refractivity contribution is 0.308. The SMILES string of the molecule is C#CCCCOc1c(Br)cccc1CCN. The van der Waals surface area contributed by atoms with E-state index in [0.717, 1.165) is 35.0 Å². The van der Waals surface area contributed by atoms with E-state index in [1.54, 1.807) is 0 Å². The molecular weight excluding hydrogens is 266 g/mol. The Balaban J connectivity index is 2.65. The number of hydrogen-bond acceptors (Lipinski definition) is 2. The molecule has 1 rings (SSSR count). The largest absolute Gasteiger partial charge is 0.492 e. The summed E-state index contributed by atoms with van der Waals surface area (Å²) >= 11 is 3.48. The van der Waals surface area contributed by atoms with Gasteiger partial charge in [-0.15, -0.1) is 12.3 Å². The summed E-state index contributed by atoms with van der Waals surface area (Å²) in [5.41, 5.74) is 6.70. The van der Waals surface area contributed by atoms with Gasteiger partial charge in [-0.2, -0.15) is 0 Å². The van der Waals surface area contributed by atoms with Gasteiger partial charge in [-0.25, -0.2) is 0 Å². The maximum atomic E-state index is 5.72. The van der Waals surface area contributed by atoms with E-state index in [4.69, 9.17) is 16.9 Å². The second kappa shape index (κ2) is 7.32. The van der Waals surface area contributed by atoms with E-state index in [-0.39, 0.29) is 0 Å². The van der Waals surface area contributed by atoms with Gasteiger partial charge in [0.25, 0.3) is 0 Å². The first-order chi connectivity index (χ1) is 7.79. The lowest BCUT2D eigenvalue weighted by Gasteiger charge is -2.12. The standard InChI is InChI=1S/C13H16BrNO/c1-2-3-4-10-16-13-11(8-9-15)6-5-7-12(13)14/h1,5-7H,3-4,8-10,15H2. The molecule has 0 aliphatic heterocycles. The number of rotatable bonds is 6. The van der Waals surface area contributed by atoms with Gasteiger partial charge in [0.05, 0.1) is 11.1 Å². The third-order valence-electron chi connectivity index (χ3n) is 2.17. The Morgan fingerprint density at radius 2 is 2.25 bits per heavy atom. The molecule has 0 radical (unpaired) electrons. The molecule has 0 aromatic heterocycles. The third kappa shape index (κ3) is 3.88. The second-order valence-corrected chi connectivity index (χ2v) is 4.28. The van der Waals surface area contributed by atoms with Crippen LogP contribution in [0.25, 0.3) is 0 Å². The van der Waals surface area contributed by atoms with Crippen molar-refractivity contribution in [2.45, 2.75) is 19.3 Å². The molecule has 2 N–H and O–H groups in total. The zero-order chi connectivity index (χ0) is 11.8. The van der Waals surface area contributed by atoms with E-state index < -0.39 is 0 Å². The van der Waals surface area contributed by atoms with Crippen LogP contribution >= 0.6 is 15.9 Å². The van der Waals surface area contributed by atoms with Gasteiger partial charge in [0, 0.05) is 6.42 Å². The first-order valence-electron chi connectivity index (χ1n) is 5.33. The van der Waals surface area contributed by atoms with Crippen LogP contribution in [0.2, 0.25) is 0 Å². The van der Waals surface area contributed by atoms with Gasteiger partial charge in [-0.3, -0.25) is 0 Å². The Bertz CT molecular complexity index is 371. The molecule has 0 fully saturated rings. The minimum Gasteiger partial charge on any atom is -0.492 e. The molecule has 0 heterocycles. The normalized spacial score (nSPS) is 9.81. The van der Waals surface area contributed by atoms with Crippen LogP contribution in [0.4, 0.5) is 0 Å². The smallest absolute Gasteiger partial charge is 0.136 e. The summed E-state index contributed by atoms with van der Waals surface area (Å²) in [5, 5.41) is 0. The second-order valence-electron chi connectivity index (χ2n) is 3.42. The van der Waals surface area contributed by atoms with Crippen LogP contribution in [0.1, 0.15) is 18.4 Å². The molecule has 2 nitrogen and oxygen atoms in total. The molecule has 16 heavy (non-hydrogen) atoms. The van der Waals surface area contributed by atoms with Crippen LogP contribution in [0.3, 0.4) is 0 Å². The Morgan fingerprint density at radius 1 is 1.44 bits per heavy atom. The van der Waals surface area contributed by atoms with Crippen molar-refractivity contribution < 1.29 is 4.74 Å². The van der Waals surface area contributed by atoms with Crippen molar-refractivity contribution in [2.24, 2.45) is 5.73 Å². The van der Waals surface area contributed by atoms with Crippen molar-refractivity contribution in [2.75, 3.05) is 13.2 Å². The topological polar surface area (TPSA) is 35.2 Å². The molecule has 0 aliphatic carbocycles. The fourth-order valence-electron chi connectivity index (χ4n) is 1.42. The van der Waals surface area contributed by atoms with E-state index in [1.807, 2.05) is 18.2 Å². The van der Waals surface area contributed by atoms with Gasteiger partial charge in [0.15, 0.2) is 0 Å². The number of unbranched alkanes of at least 4 members (excludes halogenated alkanes) is 1. The molecule has 1 aromatic carbocycles. The van der Waals surface area contributed by atoms with Gasteiger partial charge < -0.3 is 10.5 Å². The van der Waals surface area contributed by atoms with Gasteiger partial charge in [-0.1, -0.05) is 12.1 Å². The minimum atomic E-state index is 0.622. The predicted molar refractivity (Wildman–Crippen MR) is 70.5 cm³/mol. The highest BCUT2D eigenvalue weighted by atomic mass is 79.9. The fraction of sp³-hybridized carbons (Fsp3) is 0.385. The van der Waals surface area contributed by atoms with E-state index >= 15 is 0 Å². The molecule has 1 aromatic rings. The highest BCUT2D eigenvalue weighted by molar-refractivity contribution is 9.10. The minimum absolute atomic E-state index is 0.622. The first-order valence-corrected chi connectivity index (χ1v) is 6.12. The number of ether oxygens (including phenoxy) is 1. The summed E-state index contributed by atoms with van der Waals surface area (Å²) in [6.07, 6.45) is 7.63. The van der Waals surface area contributed by atoms with Crippen LogP contribution in [-0.4, -0.2) is 13.2 Å². The average Bonchev–Trinajstić information content (AvgIpc) is 2.28. The van der Waals surface area contributed by atoms with Crippen molar-refractivity contribution in [1.29, 1.82) is 0 Å². The summed E-state index contributed by atoms with van der Waals surface area (Å²) in [5.74, 6) is 3.49. The molecule has 0 saturated heterocycles. The quantitative estimate of drug-likeness (QED) is 0.643. The van der Waals surface area contributed by atoms with E-state index in [1.165, 1.54) is 0 Å². The highest BCUT2D eigenvalue weighted by Crippen LogP contribution is 2.29. The molecule has 86 valence electrons.